The van der Waals surface area contributed by atoms with Gasteiger partial charge in [0.25, 0.3) is 5.91 Å². The van der Waals surface area contributed by atoms with Crippen molar-refractivity contribution in [3.8, 4) is 5.75 Å². The number of carbonyl (C=O) groups excluding carboxylic acids is 1. The van der Waals surface area contributed by atoms with Crippen LogP contribution in [0.15, 0.2) is 24.3 Å². The Balaban J connectivity index is 1.97. The molecule has 2 N–H and O–H groups in total. The smallest absolute Gasteiger partial charge is 0.257 e. The maximum atomic E-state index is 12.3. The average molecular weight is 278 g/mol. The van der Waals surface area contributed by atoms with Gasteiger partial charge in [-0.25, -0.2) is 0 Å². The molecule has 110 valence electrons. The van der Waals surface area contributed by atoms with E-state index in [9.17, 15) is 15.0 Å². The summed E-state index contributed by atoms with van der Waals surface area (Å²) in [6.07, 6.45) is 0.907. The summed E-state index contributed by atoms with van der Waals surface area (Å²) < 4.78 is 0. The molecule has 1 amide bonds. The number of amides is 1. The first kappa shape index (κ1) is 14.8. The molecule has 0 aliphatic carbocycles. The van der Waals surface area contributed by atoms with Crippen molar-refractivity contribution in [2.75, 3.05) is 32.8 Å². The first-order valence-corrected chi connectivity index (χ1v) is 7.09. The SMILES string of the molecule is CCC(CO)N1CCN(C(=O)c2ccccc2O)CC1. The zero-order chi connectivity index (χ0) is 14.5. The second-order valence-electron chi connectivity index (χ2n) is 5.09. The Morgan fingerprint density at radius 3 is 2.45 bits per heavy atom. The van der Waals surface area contributed by atoms with Gasteiger partial charge < -0.3 is 15.1 Å². The molecule has 0 spiro atoms. The molecule has 5 nitrogen and oxygen atoms in total. The van der Waals surface area contributed by atoms with Crippen molar-refractivity contribution in [3.63, 3.8) is 0 Å². The lowest BCUT2D eigenvalue weighted by Crippen LogP contribution is -2.52. The summed E-state index contributed by atoms with van der Waals surface area (Å²) in [6.45, 7) is 4.99. The van der Waals surface area contributed by atoms with Crippen LogP contribution in [0.5, 0.6) is 5.75 Å². The molecule has 1 fully saturated rings. The number of hydrogen-bond donors (Lipinski definition) is 2. The van der Waals surface area contributed by atoms with Crippen LogP contribution in [0.2, 0.25) is 0 Å². The van der Waals surface area contributed by atoms with E-state index in [1.54, 1.807) is 23.1 Å². The molecule has 1 heterocycles. The molecule has 1 aliphatic rings. The lowest BCUT2D eigenvalue weighted by molar-refractivity contribution is 0.0470. The maximum Gasteiger partial charge on any atom is 0.257 e. The van der Waals surface area contributed by atoms with Crippen LogP contribution < -0.4 is 0 Å². The van der Waals surface area contributed by atoms with Crippen molar-refractivity contribution in [1.82, 2.24) is 9.80 Å². The van der Waals surface area contributed by atoms with Crippen molar-refractivity contribution in [2.24, 2.45) is 0 Å². The van der Waals surface area contributed by atoms with Crippen molar-refractivity contribution in [2.45, 2.75) is 19.4 Å². The number of piperazine rings is 1. The molecule has 0 saturated carbocycles. The normalized spacial score (nSPS) is 18.0. The molecule has 1 aliphatic heterocycles. The van der Waals surface area contributed by atoms with Crippen molar-refractivity contribution in [3.05, 3.63) is 29.8 Å². The molecule has 0 radical (unpaired) electrons. The number of hydrogen-bond acceptors (Lipinski definition) is 4. The second-order valence-corrected chi connectivity index (χ2v) is 5.09. The van der Waals surface area contributed by atoms with Crippen molar-refractivity contribution in [1.29, 1.82) is 0 Å². The number of benzene rings is 1. The van der Waals surface area contributed by atoms with E-state index in [2.05, 4.69) is 11.8 Å². The molecular formula is C15H22N2O3. The van der Waals surface area contributed by atoms with Crippen LogP contribution >= 0.6 is 0 Å². The number of nitrogens with zero attached hydrogens (tertiary/aromatic N) is 2. The van der Waals surface area contributed by atoms with Gasteiger partial charge in [-0.1, -0.05) is 19.1 Å². The third kappa shape index (κ3) is 3.11. The quantitative estimate of drug-likeness (QED) is 0.859. The highest BCUT2D eigenvalue weighted by molar-refractivity contribution is 5.96. The molecule has 5 heteroatoms. The van der Waals surface area contributed by atoms with E-state index < -0.39 is 0 Å². The number of para-hydroxylation sites is 1. The summed E-state index contributed by atoms with van der Waals surface area (Å²) in [5, 5.41) is 19.0. The van der Waals surface area contributed by atoms with Crippen molar-refractivity contribution < 1.29 is 15.0 Å². The third-order valence-electron chi connectivity index (χ3n) is 3.93. The molecule has 1 saturated heterocycles. The number of carbonyl (C=O) groups is 1. The van der Waals surface area contributed by atoms with Gasteiger partial charge in [-0.2, -0.15) is 0 Å². The van der Waals surface area contributed by atoms with E-state index in [0.717, 1.165) is 19.5 Å². The van der Waals surface area contributed by atoms with Gasteiger partial charge in [0.15, 0.2) is 0 Å². The predicted octanol–water partition coefficient (Wildman–Crippen LogP) is 0.921. The minimum atomic E-state index is -0.125. The minimum absolute atomic E-state index is 0.0294. The Morgan fingerprint density at radius 2 is 1.90 bits per heavy atom. The Labute approximate surface area is 119 Å². The second kappa shape index (κ2) is 6.72. The summed E-state index contributed by atoms with van der Waals surface area (Å²) in [4.78, 5) is 16.3. The largest absolute Gasteiger partial charge is 0.507 e. The number of aliphatic hydroxyl groups is 1. The van der Waals surface area contributed by atoms with E-state index in [-0.39, 0.29) is 24.3 Å². The van der Waals surface area contributed by atoms with Gasteiger partial charge in [-0.15, -0.1) is 0 Å². The average Bonchev–Trinajstić information content (AvgIpc) is 2.49. The topological polar surface area (TPSA) is 64.0 Å². The fourth-order valence-electron chi connectivity index (χ4n) is 2.62. The molecule has 2 rings (SSSR count). The van der Waals surface area contributed by atoms with Crippen LogP contribution in [-0.4, -0.2) is 64.7 Å². The van der Waals surface area contributed by atoms with E-state index in [4.69, 9.17) is 0 Å². The fourth-order valence-corrected chi connectivity index (χ4v) is 2.62. The molecule has 0 aromatic heterocycles. The number of phenols is 1. The number of rotatable bonds is 4. The molecule has 1 aromatic rings. The maximum absolute atomic E-state index is 12.3. The van der Waals surface area contributed by atoms with Crippen LogP contribution in [0.4, 0.5) is 0 Å². The predicted molar refractivity (Wildman–Crippen MR) is 76.7 cm³/mol. The standard InChI is InChI=1S/C15H22N2O3/c1-2-12(11-18)16-7-9-17(10-8-16)15(20)13-5-3-4-6-14(13)19/h3-6,12,18-19H,2,7-11H2,1H3. The van der Waals surface area contributed by atoms with E-state index in [1.165, 1.54) is 6.07 Å². The van der Waals surface area contributed by atoms with Crippen LogP contribution in [0.1, 0.15) is 23.7 Å². The summed E-state index contributed by atoms with van der Waals surface area (Å²) in [7, 11) is 0. The monoisotopic (exact) mass is 278 g/mol. The van der Waals surface area contributed by atoms with Gasteiger partial charge in [-0.05, 0) is 18.6 Å². The van der Waals surface area contributed by atoms with Gasteiger partial charge in [0.2, 0.25) is 0 Å². The molecular weight excluding hydrogens is 256 g/mol. The van der Waals surface area contributed by atoms with Gasteiger partial charge in [0.1, 0.15) is 5.75 Å². The van der Waals surface area contributed by atoms with E-state index in [0.29, 0.717) is 18.7 Å². The van der Waals surface area contributed by atoms with Gasteiger partial charge >= 0.3 is 0 Å². The Hall–Kier alpha value is -1.59. The first-order chi connectivity index (χ1) is 9.67. The lowest BCUT2D eigenvalue weighted by Gasteiger charge is -2.38. The van der Waals surface area contributed by atoms with Crippen molar-refractivity contribution >= 4 is 5.91 Å². The Bertz CT molecular complexity index is 452. The summed E-state index contributed by atoms with van der Waals surface area (Å²) >= 11 is 0. The van der Waals surface area contributed by atoms with Crippen LogP contribution in [0.3, 0.4) is 0 Å². The molecule has 20 heavy (non-hydrogen) atoms. The van der Waals surface area contributed by atoms with Crippen LogP contribution in [0, 0.1) is 0 Å². The van der Waals surface area contributed by atoms with Gasteiger partial charge in [0.05, 0.1) is 12.2 Å². The lowest BCUT2D eigenvalue weighted by atomic mass is 10.1. The molecule has 1 unspecified atom stereocenters. The number of phenolic OH excluding ortho intramolecular Hbond substituents is 1. The Kier molecular flexibility index (Phi) is 4.98. The van der Waals surface area contributed by atoms with Crippen LogP contribution in [0.25, 0.3) is 0 Å². The number of aromatic hydroxyl groups is 1. The third-order valence-corrected chi connectivity index (χ3v) is 3.93. The molecule has 1 aromatic carbocycles. The highest BCUT2D eigenvalue weighted by Crippen LogP contribution is 2.19. The highest BCUT2D eigenvalue weighted by atomic mass is 16.3. The fraction of sp³-hybridized carbons (Fsp3) is 0.533. The zero-order valence-electron chi connectivity index (χ0n) is 11.8. The van der Waals surface area contributed by atoms with Gasteiger partial charge in [0, 0.05) is 32.2 Å². The molecule has 0 bridgehead atoms. The highest BCUT2D eigenvalue weighted by Gasteiger charge is 2.26. The minimum Gasteiger partial charge on any atom is -0.507 e. The summed E-state index contributed by atoms with van der Waals surface area (Å²) in [5.41, 5.74) is 0.357. The zero-order valence-corrected chi connectivity index (χ0v) is 11.8. The first-order valence-electron chi connectivity index (χ1n) is 7.09. The van der Waals surface area contributed by atoms with Gasteiger partial charge in [-0.3, -0.25) is 9.69 Å². The van der Waals surface area contributed by atoms with E-state index in [1.807, 2.05) is 0 Å². The van der Waals surface area contributed by atoms with E-state index >= 15 is 0 Å². The summed E-state index contributed by atoms with van der Waals surface area (Å²) in [5.74, 6) is -0.0958. The summed E-state index contributed by atoms with van der Waals surface area (Å²) in [6, 6.07) is 6.81. The molecule has 1 atom stereocenters. The van der Waals surface area contributed by atoms with Crippen LogP contribution in [-0.2, 0) is 0 Å². The Morgan fingerprint density at radius 1 is 1.25 bits per heavy atom. The number of aliphatic hydroxyl groups excluding tert-OH is 1.